The van der Waals surface area contributed by atoms with Crippen LogP contribution in [-0.4, -0.2) is 22.1 Å². The number of nitrogens with two attached hydrogens (primary N) is 1. The molecule has 0 atom stereocenters. The highest BCUT2D eigenvalue weighted by molar-refractivity contribution is 7.89. The highest BCUT2D eigenvalue weighted by Gasteiger charge is 2.15. The Bertz CT molecular complexity index is 486. The summed E-state index contributed by atoms with van der Waals surface area (Å²) in [5.41, 5.74) is 6.24. The highest BCUT2D eigenvalue weighted by atomic mass is 32.2. The molecule has 102 valence electrons. The van der Waals surface area contributed by atoms with Gasteiger partial charge in [-0.25, -0.2) is 13.1 Å². The van der Waals surface area contributed by atoms with Crippen LogP contribution in [0.15, 0.2) is 23.1 Å². The number of rotatable bonds is 7. The summed E-state index contributed by atoms with van der Waals surface area (Å²) >= 11 is 0. The van der Waals surface area contributed by atoms with Crippen molar-refractivity contribution in [2.45, 2.75) is 31.2 Å². The van der Waals surface area contributed by atoms with Gasteiger partial charge < -0.3 is 10.5 Å². The van der Waals surface area contributed by atoms with Gasteiger partial charge in [0, 0.05) is 18.7 Å². The van der Waals surface area contributed by atoms with Crippen LogP contribution < -0.4 is 15.2 Å². The summed E-state index contributed by atoms with van der Waals surface area (Å²) in [4.78, 5) is 0.222. The molecule has 0 unspecified atom stereocenters. The Morgan fingerprint density at radius 1 is 1.39 bits per heavy atom. The Labute approximate surface area is 108 Å². The summed E-state index contributed by atoms with van der Waals surface area (Å²) in [6.45, 7) is 2.69. The van der Waals surface area contributed by atoms with Crippen molar-refractivity contribution in [3.8, 4) is 5.75 Å². The smallest absolute Gasteiger partial charge is 0.240 e. The first-order chi connectivity index (χ1) is 8.55. The van der Waals surface area contributed by atoms with Gasteiger partial charge in [0.1, 0.15) is 5.75 Å². The van der Waals surface area contributed by atoms with Gasteiger partial charge in [-0.2, -0.15) is 0 Å². The second-order valence-electron chi connectivity index (χ2n) is 3.93. The van der Waals surface area contributed by atoms with Crippen LogP contribution in [0.3, 0.4) is 0 Å². The third-order valence-corrected chi connectivity index (χ3v) is 4.06. The topological polar surface area (TPSA) is 81.4 Å². The van der Waals surface area contributed by atoms with Crippen LogP contribution in [0.1, 0.15) is 25.3 Å². The number of hydrogen-bond donors (Lipinski definition) is 2. The fourth-order valence-electron chi connectivity index (χ4n) is 1.55. The maximum Gasteiger partial charge on any atom is 0.240 e. The molecule has 0 bridgehead atoms. The summed E-state index contributed by atoms with van der Waals surface area (Å²) in [7, 11) is -1.92. The number of methoxy groups -OCH3 is 1. The van der Waals surface area contributed by atoms with Crippen molar-refractivity contribution in [2.24, 2.45) is 5.73 Å². The number of hydrogen-bond acceptors (Lipinski definition) is 4. The molecule has 0 amide bonds. The van der Waals surface area contributed by atoms with Gasteiger partial charge in [-0.3, -0.25) is 0 Å². The Kier molecular flexibility index (Phi) is 5.58. The number of sulfonamides is 1. The molecule has 0 aromatic heterocycles. The summed E-state index contributed by atoms with van der Waals surface area (Å²) in [5.74, 6) is 0.602. The normalized spacial score (nSPS) is 11.5. The van der Waals surface area contributed by atoms with E-state index < -0.39 is 10.0 Å². The standard InChI is InChI=1S/C12H20N2O3S/c1-3-4-7-14-18(15,16)11-5-6-12(17-2)10(8-11)9-13/h5-6,8,14H,3-4,7,9,13H2,1-2H3. The summed E-state index contributed by atoms with van der Waals surface area (Å²) < 4.78 is 31.6. The second kappa shape index (κ2) is 6.72. The van der Waals surface area contributed by atoms with Gasteiger partial charge in [-0.05, 0) is 24.6 Å². The predicted octanol–water partition coefficient (Wildman–Crippen LogP) is 1.23. The van der Waals surface area contributed by atoms with E-state index in [9.17, 15) is 8.42 Å². The molecule has 0 aliphatic heterocycles. The van der Waals surface area contributed by atoms with Crippen LogP contribution in [0.4, 0.5) is 0 Å². The SMILES string of the molecule is CCCCNS(=O)(=O)c1ccc(OC)c(CN)c1. The van der Waals surface area contributed by atoms with Crippen LogP contribution in [0.2, 0.25) is 0 Å². The van der Waals surface area contributed by atoms with Gasteiger partial charge in [0.15, 0.2) is 0 Å². The molecule has 0 saturated carbocycles. The zero-order valence-corrected chi connectivity index (χ0v) is 11.6. The fraction of sp³-hybridized carbons (Fsp3) is 0.500. The molecule has 6 heteroatoms. The third kappa shape index (κ3) is 3.69. The number of nitrogens with one attached hydrogen (secondary N) is 1. The maximum absolute atomic E-state index is 12.0. The van der Waals surface area contributed by atoms with Crippen molar-refractivity contribution in [1.29, 1.82) is 0 Å². The lowest BCUT2D eigenvalue weighted by Gasteiger charge is -2.10. The molecule has 0 fully saturated rings. The Morgan fingerprint density at radius 3 is 2.67 bits per heavy atom. The summed E-state index contributed by atoms with van der Waals surface area (Å²) in [5, 5.41) is 0. The van der Waals surface area contributed by atoms with Crippen molar-refractivity contribution in [2.75, 3.05) is 13.7 Å². The fourth-order valence-corrected chi connectivity index (χ4v) is 2.67. The van der Waals surface area contributed by atoms with Crippen molar-refractivity contribution in [1.82, 2.24) is 4.72 Å². The summed E-state index contributed by atoms with van der Waals surface area (Å²) in [6.07, 6.45) is 1.76. The molecule has 18 heavy (non-hydrogen) atoms. The molecule has 1 aromatic carbocycles. The molecule has 0 saturated heterocycles. The zero-order valence-electron chi connectivity index (χ0n) is 10.8. The predicted molar refractivity (Wildman–Crippen MR) is 71.0 cm³/mol. The molecule has 1 rings (SSSR count). The van der Waals surface area contributed by atoms with E-state index >= 15 is 0 Å². The molecule has 0 aliphatic rings. The molecule has 0 radical (unpaired) electrons. The van der Waals surface area contributed by atoms with Gasteiger partial charge in [-0.15, -0.1) is 0 Å². The Balaban J connectivity index is 2.95. The van der Waals surface area contributed by atoms with E-state index in [4.69, 9.17) is 10.5 Å². The van der Waals surface area contributed by atoms with E-state index in [1.807, 2.05) is 6.92 Å². The lowest BCUT2D eigenvalue weighted by atomic mass is 10.2. The minimum absolute atomic E-state index is 0.222. The Morgan fingerprint density at radius 2 is 2.11 bits per heavy atom. The third-order valence-electron chi connectivity index (χ3n) is 2.60. The van der Waals surface area contributed by atoms with Gasteiger partial charge in [-0.1, -0.05) is 13.3 Å². The highest BCUT2D eigenvalue weighted by Crippen LogP contribution is 2.21. The van der Waals surface area contributed by atoms with Crippen LogP contribution >= 0.6 is 0 Å². The van der Waals surface area contributed by atoms with Crippen LogP contribution in [0, 0.1) is 0 Å². The van der Waals surface area contributed by atoms with E-state index in [0.29, 0.717) is 17.9 Å². The largest absolute Gasteiger partial charge is 0.496 e. The molecular weight excluding hydrogens is 252 g/mol. The molecule has 0 spiro atoms. The van der Waals surface area contributed by atoms with Gasteiger partial charge in [0.25, 0.3) is 0 Å². The van der Waals surface area contributed by atoms with Gasteiger partial charge >= 0.3 is 0 Å². The maximum atomic E-state index is 12.0. The van der Waals surface area contributed by atoms with E-state index in [1.54, 1.807) is 12.1 Å². The minimum Gasteiger partial charge on any atom is -0.496 e. The molecule has 1 aromatic rings. The minimum atomic E-state index is -3.45. The summed E-state index contributed by atoms with van der Waals surface area (Å²) in [6, 6.07) is 4.69. The van der Waals surface area contributed by atoms with Crippen LogP contribution in [-0.2, 0) is 16.6 Å². The zero-order chi connectivity index (χ0) is 13.6. The van der Waals surface area contributed by atoms with Crippen molar-refractivity contribution >= 4 is 10.0 Å². The van der Waals surface area contributed by atoms with E-state index in [-0.39, 0.29) is 11.4 Å². The average Bonchev–Trinajstić information content (AvgIpc) is 2.38. The lowest BCUT2D eigenvalue weighted by molar-refractivity contribution is 0.409. The molecule has 0 aliphatic carbocycles. The second-order valence-corrected chi connectivity index (χ2v) is 5.70. The van der Waals surface area contributed by atoms with E-state index in [2.05, 4.69) is 4.72 Å². The van der Waals surface area contributed by atoms with E-state index in [0.717, 1.165) is 12.8 Å². The van der Waals surface area contributed by atoms with Crippen LogP contribution in [0.25, 0.3) is 0 Å². The first kappa shape index (κ1) is 14.9. The Hall–Kier alpha value is -1.11. The molecular formula is C12H20N2O3S. The number of ether oxygens (including phenoxy) is 1. The molecule has 5 nitrogen and oxygen atoms in total. The average molecular weight is 272 g/mol. The monoisotopic (exact) mass is 272 g/mol. The van der Waals surface area contributed by atoms with Crippen molar-refractivity contribution in [3.63, 3.8) is 0 Å². The van der Waals surface area contributed by atoms with Crippen LogP contribution in [0.5, 0.6) is 5.75 Å². The van der Waals surface area contributed by atoms with Gasteiger partial charge in [0.2, 0.25) is 10.0 Å². The quantitative estimate of drug-likeness (QED) is 0.732. The van der Waals surface area contributed by atoms with Crippen molar-refractivity contribution in [3.05, 3.63) is 23.8 Å². The van der Waals surface area contributed by atoms with E-state index in [1.165, 1.54) is 13.2 Å². The first-order valence-corrected chi connectivity index (χ1v) is 7.40. The number of unbranched alkanes of at least 4 members (excludes halogenated alkanes) is 1. The number of benzene rings is 1. The lowest BCUT2D eigenvalue weighted by Crippen LogP contribution is -2.24. The molecule has 3 N–H and O–H groups in total. The molecule has 0 heterocycles. The first-order valence-electron chi connectivity index (χ1n) is 5.91. The van der Waals surface area contributed by atoms with Gasteiger partial charge in [0.05, 0.1) is 12.0 Å². The van der Waals surface area contributed by atoms with Crippen molar-refractivity contribution < 1.29 is 13.2 Å².